The van der Waals surface area contributed by atoms with Gasteiger partial charge in [-0.2, -0.15) is 0 Å². The molecule has 3 N–H and O–H groups in total. The highest BCUT2D eigenvalue weighted by Gasteiger charge is 2.13. The van der Waals surface area contributed by atoms with Crippen LogP contribution in [0.4, 0.5) is 20.4 Å². The lowest BCUT2D eigenvalue weighted by atomic mass is 10.1. The molecule has 0 saturated heterocycles. The van der Waals surface area contributed by atoms with Gasteiger partial charge in [0.15, 0.2) is 0 Å². The van der Waals surface area contributed by atoms with Crippen molar-refractivity contribution in [3.8, 4) is 0 Å². The van der Waals surface area contributed by atoms with E-state index in [1.165, 1.54) is 6.07 Å². The predicted octanol–water partition coefficient (Wildman–Crippen LogP) is 3.22. The van der Waals surface area contributed by atoms with E-state index in [-0.39, 0.29) is 5.95 Å². The molecule has 0 radical (unpaired) electrons. The smallest absolute Gasteiger partial charge is 0.255 e. The molecule has 0 aliphatic rings. The van der Waals surface area contributed by atoms with Crippen LogP contribution in [0, 0.1) is 11.6 Å². The number of amides is 1. The third-order valence-electron chi connectivity index (χ3n) is 4.05. The zero-order valence-electron chi connectivity index (χ0n) is 15.2. The summed E-state index contributed by atoms with van der Waals surface area (Å²) in [4.78, 5) is 22.2. The lowest BCUT2D eigenvalue weighted by Gasteiger charge is -2.16. The fourth-order valence-electron chi connectivity index (χ4n) is 2.69. The summed E-state index contributed by atoms with van der Waals surface area (Å²) >= 11 is 0. The van der Waals surface area contributed by atoms with Gasteiger partial charge >= 0.3 is 0 Å². The number of aromatic nitrogens is 2. The Hall–Kier alpha value is -3.39. The second-order valence-corrected chi connectivity index (χ2v) is 6.37. The first kappa shape index (κ1) is 19.4. The van der Waals surface area contributed by atoms with Crippen LogP contribution in [-0.2, 0) is 13.1 Å². The number of anilines is 2. The van der Waals surface area contributed by atoms with Crippen molar-refractivity contribution in [3.63, 3.8) is 0 Å². The van der Waals surface area contributed by atoms with Crippen LogP contribution in [-0.4, -0.2) is 27.8 Å². The Bertz CT molecular complexity index is 941. The predicted molar refractivity (Wildman–Crippen MR) is 102 cm³/mol. The number of rotatable bonds is 6. The number of benzene rings is 2. The van der Waals surface area contributed by atoms with E-state index >= 15 is 0 Å². The van der Waals surface area contributed by atoms with Gasteiger partial charge in [-0.15, -0.1) is 0 Å². The van der Waals surface area contributed by atoms with Crippen molar-refractivity contribution < 1.29 is 13.6 Å². The molecular weight excluding hydrogens is 364 g/mol. The van der Waals surface area contributed by atoms with E-state index in [1.807, 2.05) is 7.05 Å². The van der Waals surface area contributed by atoms with E-state index in [4.69, 9.17) is 5.73 Å². The average molecular weight is 383 g/mol. The number of hydrogen-bond acceptors (Lipinski definition) is 5. The van der Waals surface area contributed by atoms with Crippen LogP contribution in [0.25, 0.3) is 0 Å². The lowest BCUT2D eigenvalue weighted by Crippen LogP contribution is -2.18. The Morgan fingerprint density at radius 3 is 2.18 bits per heavy atom. The zero-order chi connectivity index (χ0) is 20.1. The largest absolute Gasteiger partial charge is 0.368 e. The van der Waals surface area contributed by atoms with E-state index in [0.717, 1.165) is 23.3 Å². The highest BCUT2D eigenvalue weighted by Crippen LogP contribution is 2.19. The summed E-state index contributed by atoms with van der Waals surface area (Å²) < 4.78 is 27.3. The zero-order valence-corrected chi connectivity index (χ0v) is 15.2. The number of carbonyl (C=O) groups is 1. The van der Waals surface area contributed by atoms with Crippen molar-refractivity contribution in [1.82, 2.24) is 14.9 Å². The number of nitrogens with zero attached hydrogens (tertiary/aromatic N) is 3. The first-order valence-corrected chi connectivity index (χ1v) is 8.51. The van der Waals surface area contributed by atoms with Gasteiger partial charge in [0.05, 0.1) is 0 Å². The molecule has 0 aliphatic carbocycles. The van der Waals surface area contributed by atoms with Gasteiger partial charge in [-0.25, -0.2) is 18.7 Å². The molecule has 0 unspecified atom stereocenters. The minimum Gasteiger partial charge on any atom is -0.368 e. The molecule has 0 atom stereocenters. The van der Waals surface area contributed by atoms with Crippen molar-refractivity contribution in [3.05, 3.63) is 83.2 Å². The van der Waals surface area contributed by atoms with Crippen LogP contribution in [0.1, 0.15) is 21.5 Å². The van der Waals surface area contributed by atoms with E-state index in [1.54, 1.807) is 36.7 Å². The number of nitrogen functional groups attached to an aromatic ring is 1. The molecule has 0 aliphatic heterocycles. The standard InChI is InChI=1S/C20H19F2N5O/c1-27(12-14-9-24-20(23)25-10-14)11-13-5-7-15(8-6-13)19(28)26-18-16(21)3-2-4-17(18)22/h2-10H,11-12H2,1H3,(H,26,28)(H2,23,24,25). The molecule has 3 aromatic rings. The van der Waals surface area contributed by atoms with Crippen molar-refractivity contribution in [2.24, 2.45) is 0 Å². The Balaban J connectivity index is 1.61. The van der Waals surface area contributed by atoms with Crippen LogP contribution in [0.2, 0.25) is 0 Å². The van der Waals surface area contributed by atoms with Gasteiger partial charge in [0, 0.05) is 36.6 Å². The summed E-state index contributed by atoms with van der Waals surface area (Å²) in [5.41, 5.74) is 7.23. The van der Waals surface area contributed by atoms with Gasteiger partial charge in [0.2, 0.25) is 5.95 Å². The topological polar surface area (TPSA) is 84.1 Å². The minimum atomic E-state index is -0.821. The Morgan fingerprint density at radius 1 is 1.00 bits per heavy atom. The highest BCUT2D eigenvalue weighted by molar-refractivity contribution is 6.04. The molecule has 1 amide bonds. The number of para-hydroxylation sites is 1. The third-order valence-corrected chi connectivity index (χ3v) is 4.05. The van der Waals surface area contributed by atoms with Crippen LogP contribution in [0.5, 0.6) is 0 Å². The van der Waals surface area contributed by atoms with Crippen LogP contribution in [0.15, 0.2) is 54.9 Å². The maximum Gasteiger partial charge on any atom is 0.255 e. The molecule has 1 aromatic heterocycles. The summed E-state index contributed by atoms with van der Waals surface area (Å²) in [6.07, 6.45) is 3.35. The summed E-state index contributed by atoms with van der Waals surface area (Å²) in [5, 5.41) is 2.27. The average Bonchev–Trinajstić information content (AvgIpc) is 2.67. The highest BCUT2D eigenvalue weighted by atomic mass is 19.1. The normalized spacial score (nSPS) is 10.9. The molecular formula is C20H19F2N5O. The molecule has 144 valence electrons. The van der Waals surface area contributed by atoms with E-state index in [9.17, 15) is 13.6 Å². The quantitative estimate of drug-likeness (QED) is 0.683. The maximum atomic E-state index is 13.7. The number of halogens is 2. The SMILES string of the molecule is CN(Cc1ccc(C(=O)Nc2c(F)cccc2F)cc1)Cc1cnc(N)nc1. The molecule has 0 bridgehead atoms. The van der Waals surface area contributed by atoms with E-state index in [0.29, 0.717) is 18.7 Å². The van der Waals surface area contributed by atoms with Crippen LogP contribution in [0.3, 0.4) is 0 Å². The third kappa shape index (κ3) is 4.86. The molecule has 8 heteroatoms. The number of nitrogens with two attached hydrogens (primary N) is 1. The summed E-state index contributed by atoms with van der Waals surface area (Å²) in [7, 11) is 1.94. The summed E-state index contributed by atoms with van der Waals surface area (Å²) in [5.74, 6) is -1.99. The maximum absolute atomic E-state index is 13.7. The summed E-state index contributed by atoms with van der Waals surface area (Å²) in [6.45, 7) is 1.27. The van der Waals surface area contributed by atoms with Crippen molar-refractivity contribution in [2.45, 2.75) is 13.1 Å². The molecule has 0 saturated carbocycles. The fraction of sp³-hybridized carbons (Fsp3) is 0.150. The molecule has 0 fully saturated rings. The number of hydrogen-bond donors (Lipinski definition) is 2. The van der Waals surface area contributed by atoms with Gasteiger partial charge in [-0.05, 0) is 36.9 Å². The Morgan fingerprint density at radius 2 is 1.57 bits per heavy atom. The second kappa shape index (κ2) is 8.53. The van der Waals surface area contributed by atoms with Gasteiger partial charge in [0.1, 0.15) is 17.3 Å². The van der Waals surface area contributed by atoms with Crippen molar-refractivity contribution in [1.29, 1.82) is 0 Å². The second-order valence-electron chi connectivity index (χ2n) is 6.37. The van der Waals surface area contributed by atoms with E-state index in [2.05, 4.69) is 20.2 Å². The Kier molecular flexibility index (Phi) is 5.90. The number of carbonyl (C=O) groups excluding carboxylic acids is 1. The molecule has 6 nitrogen and oxygen atoms in total. The molecule has 2 aromatic carbocycles. The first-order chi connectivity index (χ1) is 13.4. The lowest BCUT2D eigenvalue weighted by molar-refractivity contribution is 0.102. The fourth-order valence-corrected chi connectivity index (χ4v) is 2.69. The monoisotopic (exact) mass is 383 g/mol. The Labute approximate surface area is 161 Å². The molecule has 1 heterocycles. The number of nitrogens with one attached hydrogen (secondary N) is 1. The van der Waals surface area contributed by atoms with Crippen LogP contribution < -0.4 is 11.1 Å². The van der Waals surface area contributed by atoms with Crippen molar-refractivity contribution in [2.75, 3.05) is 18.1 Å². The van der Waals surface area contributed by atoms with Gasteiger partial charge < -0.3 is 11.1 Å². The molecule has 3 rings (SSSR count). The summed E-state index contributed by atoms with van der Waals surface area (Å²) in [6, 6.07) is 10.2. The molecule has 0 spiro atoms. The first-order valence-electron chi connectivity index (χ1n) is 8.51. The van der Waals surface area contributed by atoms with Gasteiger partial charge in [-0.1, -0.05) is 18.2 Å². The minimum absolute atomic E-state index is 0.232. The molecule has 28 heavy (non-hydrogen) atoms. The van der Waals surface area contributed by atoms with E-state index < -0.39 is 23.2 Å². The van der Waals surface area contributed by atoms with Crippen molar-refractivity contribution >= 4 is 17.5 Å². The van der Waals surface area contributed by atoms with Gasteiger partial charge in [-0.3, -0.25) is 9.69 Å². The van der Waals surface area contributed by atoms with Gasteiger partial charge in [0.25, 0.3) is 5.91 Å². The van der Waals surface area contributed by atoms with Crippen LogP contribution >= 0.6 is 0 Å².